The molecule has 24 heavy (non-hydrogen) atoms. The molecular weight excluding hydrogens is 350 g/mol. The number of hydrogen-bond acceptors (Lipinski definition) is 7. The first-order valence-electron chi connectivity index (χ1n) is 6.42. The summed E-state index contributed by atoms with van der Waals surface area (Å²) < 4.78 is 47.9. The van der Waals surface area contributed by atoms with Crippen LogP contribution in [0.5, 0.6) is 17.4 Å². The normalized spacial score (nSPS) is 12.2. The molecule has 1 aliphatic heterocycles. The Morgan fingerprint density at radius 3 is 2.79 bits per heavy atom. The number of carbonyl (C=O) groups is 1. The lowest BCUT2D eigenvalue weighted by atomic mass is 10.1. The van der Waals surface area contributed by atoms with Crippen LogP contribution in [0.4, 0.5) is 19.3 Å². The number of fused-ring (bicyclic) bond motifs is 1. The minimum atomic E-state index is -1.15. The van der Waals surface area contributed by atoms with Gasteiger partial charge in [-0.05, 0) is 12.1 Å². The van der Waals surface area contributed by atoms with Crippen LogP contribution >= 0.6 is 11.6 Å². The summed E-state index contributed by atoms with van der Waals surface area (Å²) in [7, 11) is 1.06. The van der Waals surface area contributed by atoms with Gasteiger partial charge < -0.3 is 24.7 Å². The highest BCUT2D eigenvalue weighted by Gasteiger charge is 2.27. The summed E-state index contributed by atoms with van der Waals surface area (Å²) in [5.74, 6) is -2.51. The monoisotopic (exact) mass is 358 g/mol. The summed E-state index contributed by atoms with van der Waals surface area (Å²) in [5.41, 5.74) is 4.21. The van der Waals surface area contributed by atoms with Crippen molar-refractivity contribution in [2.45, 2.75) is 0 Å². The average Bonchev–Trinajstić information content (AvgIpc) is 3.05. The summed E-state index contributed by atoms with van der Waals surface area (Å²) in [6, 6.07) is 2.61. The van der Waals surface area contributed by atoms with Gasteiger partial charge in [-0.25, -0.2) is 18.6 Å². The maximum absolute atomic E-state index is 14.5. The van der Waals surface area contributed by atoms with Crippen LogP contribution in [0, 0.1) is 11.6 Å². The third-order valence-corrected chi connectivity index (χ3v) is 3.53. The summed E-state index contributed by atoms with van der Waals surface area (Å²) in [6.45, 7) is -0.162. The van der Waals surface area contributed by atoms with E-state index in [-0.39, 0.29) is 23.9 Å². The van der Waals surface area contributed by atoms with Gasteiger partial charge in [0.1, 0.15) is 10.7 Å². The van der Waals surface area contributed by atoms with Gasteiger partial charge >= 0.3 is 6.16 Å². The van der Waals surface area contributed by atoms with E-state index >= 15 is 0 Å². The molecule has 0 unspecified atom stereocenters. The van der Waals surface area contributed by atoms with Crippen LogP contribution in [-0.4, -0.2) is 25.0 Å². The molecular formula is C14H9ClF2N2O5. The Morgan fingerprint density at radius 1 is 1.33 bits per heavy atom. The number of carbonyl (C=O) groups excluding carboxylic acids is 1. The van der Waals surface area contributed by atoms with Crippen LogP contribution < -0.4 is 19.9 Å². The first-order chi connectivity index (χ1) is 11.4. The molecule has 0 saturated heterocycles. The minimum absolute atomic E-state index is 0.162. The summed E-state index contributed by atoms with van der Waals surface area (Å²) in [4.78, 5) is 14.9. The number of pyridine rings is 1. The Labute approximate surface area is 138 Å². The fraction of sp³-hybridized carbons (Fsp3) is 0.143. The number of nitrogens with zero attached hydrogens (tertiary/aromatic N) is 1. The van der Waals surface area contributed by atoms with Gasteiger partial charge in [0.15, 0.2) is 17.4 Å². The molecule has 0 aliphatic carbocycles. The molecule has 0 amide bonds. The van der Waals surface area contributed by atoms with Crippen molar-refractivity contribution >= 4 is 23.4 Å². The summed E-state index contributed by atoms with van der Waals surface area (Å²) in [6.07, 6.45) is -1.15. The number of ether oxygens (including phenoxy) is 4. The van der Waals surface area contributed by atoms with Crippen LogP contribution in [-0.2, 0) is 4.74 Å². The summed E-state index contributed by atoms with van der Waals surface area (Å²) in [5, 5.41) is -0.442. The Kier molecular flexibility index (Phi) is 4.02. The Balaban J connectivity index is 2.16. The topological polar surface area (TPSA) is 92.9 Å². The van der Waals surface area contributed by atoms with Crippen molar-refractivity contribution in [1.29, 1.82) is 0 Å². The lowest BCUT2D eigenvalue weighted by Crippen LogP contribution is -2.11. The van der Waals surface area contributed by atoms with Crippen molar-refractivity contribution in [2.75, 3.05) is 19.6 Å². The molecule has 0 atom stereocenters. The van der Waals surface area contributed by atoms with E-state index in [1.165, 1.54) is 12.1 Å². The van der Waals surface area contributed by atoms with Crippen molar-refractivity contribution in [2.24, 2.45) is 0 Å². The molecule has 126 valence electrons. The molecule has 10 heteroatoms. The van der Waals surface area contributed by atoms with E-state index in [1.807, 2.05) is 0 Å². The number of nitrogens with two attached hydrogens (primary N) is 1. The molecule has 1 aliphatic rings. The maximum atomic E-state index is 14.5. The van der Waals surface area contributed by atoms with Gasteiger partial charge in [-0.1, -0.05) is 11.6 Å². The fourth-order valence-electron chi connectivity index (χ4n) is 2.03. The number of rotatable bonds is 2. The molecule has 0 radical (unpaired) electrons. The van der Waals surface area contributed by atoms with Gasteiger partial charge in [-0.15, -0.1) is 0 Å². The van der Waals surface area contributed by atoms with E-state index < -0.39 is 40.1 Å². The number of benzene rings is 1. The highest BCUT2D eigenvalue weighted by Crippen LogP contribution is 2.42. The number of nitrogen functional groups attached to an aromatic ring is 1. The van der Waals surface area contributed by atoms with Gasteiger partial charge in [-0.3, -0.25) is 0 Å². The van der Waals surface area contributed by atoms with Crippen molar-refractivity contribution in [3.05, 3.63) is 28.8 Å². The molecule has 0 saturated carbocycles. The standard InChI is InChI=1S/C14H9ClF2N2O5/c1-21-14(20)24-13-7(15)10(18)9(17)11(19-13)5-2-3-6-12(8(5)16)23-4-22-6/h2-3H,4H2,1H3,(H2,18,19). The van der Waals surface area contributed by atoms with Crippen molar-refractivity contribution in [1.82, 2.24) is 4.98 Å². The molecule has 0 bridgehead atoms. The van der Waals surface area contributed by atoms with E-state index in [0.717, 1.165) is 7.11 Å². The number of halogens is 3. The SMILES string of the molecule is COC(=O)Oc1nc(-c2ccc3c(c2F)OCO3)c(F)c(N)c1Cl. The van der Waals surface area contributed by atoms with Crippen molar-refractivity contribution < 1.29 is 32.5 Å². The van der Waals surface area contributed by atoms with Gasteiger partial charge in [0.25, 0.3) is 0 Å². The highest BCUT2D eigenvalue weighted by molar-refractivity contribution is 6.34. The van der Waals surface area contributed by atoms with E-state index in [1.54, 1.807) is 0 Å². The minimum Gasteiger partial charge on any atom is -0.453 e. The van der Waals surface area contributed by atoms with Crippen LogP contribution in [0.1, 0.15) is 0 Å². The van der Waals surface area contributed by atoms with E-state index in [2.05, 4.69) is 9.72 Å². The zero-order valence-electron chi connectivity index (χ0n) is 12.1. The molecule has 1 aromatic carbocycles. The Bertz CT molecular complexity index is 847. The quantitative estimate of drug-likeness (QED) is 0.824. The second kappa shape index (κ2) is 6.00. The van der Waals surface area contributed by atoms with E-state index in [0.29, 0.717) is 0 Å². The highest BCUT2D eigenvalue weighted by atomic mass is 35.5. The van der Waals surface area contributed by atoms with Crippen LogP contribution in [0.15, 0.2) is 12.1 Å². The zero-order valence-corrected chi connectivity index (χ0v) is 12.8. The molecule has 2 N–H and O–H groups in total. The third-order valence-electron chi connectivity index (χ3n) is 3.16. The van der Waals surface area contributed by atoms with Crippen molar-refractivity contribution in [3.8, 4) is 28.6 Å². The number of methoxy groups -OCH3 is 1. The average molecular weight is 359 g/mol. The molecule has 0 fully saturated rings. The maximum Gasteiger partial charge on any atom is 0.514 e. The molecule has 7 nitrogen and oxygen atoms in total. The number of anilines is 1. The number of hydrogen-bond donors (Lipinski definition) is 1. The fourth-order valence-corrected chi connectivity index (χ4v) is 2.19. The number of aromatic nitrogens is 1. The largest absolute Gasteiger partial charge is 0.514 e. The third kappa shape index (κ3) is 2.52. The van der Waals surface area contributed by atoms with Crippen LogP contribution in [0.3, 0.4) is 0 Å². The predicted octanol–water partition coefficient (Wildman–Crippen LogP) is 3.14. The lowest BCUT2D eigenvalue weighted by molar-refractivity contribution is 0.119. The van der Waals surface area contributed by atoms with E-state index in [4.69, 9.17) is 31.5 Å². The van der Waals surface area contributed by atoms with Crippen LogP contribution in [0.2, 0.25) is 5.02 Å². The van der Waals surface area contributed by atoms with Crippen LogP contribution in [0.25, 0.3) is 11.3 Å². The van der Waals surface area contributed by atoms with Gasteiger partial charge in [0.2, 0.25) is 18.4 Å². The van der Waals surface area contributed by atoms with E-state index in [9.17, 15) is 13.6 Å². The second-order valence-corrected chi connectivity index (χ2v) is 4.90. The molecule has 1 aromatic heterocycles. The Hall–Kier alpha value is -2.81. The first-order valence-corrected chi connectivity index (χ1v) is 6.80. The lowest BCUT2D eigenvalue weighted by Gasteiger charge is -2.12. The van der Waals surface area contributed by atoms with Gasteiger partial charge in [-0.2, -0.15) is 0 Å². The zero-order chi connectivity index (χ0) is 17.4. The van der Waals surface area contributed by atoms with Crippen molar-refractivity contribution in [3.63, 3.8) is 0 Å². The predicted molar refractivity (Wildman–Crippen MR) is 78.2 cm³/mol. The molecule has 3 rings (SSSR count). The molecule has 2 aromatic rings. The Morgan fingerprint density at radius 2 is 2.08 bits per heavy atom. The molecule has 0 spiro atoms. The second-order valence-electron chi connectivity index (χ2n) is 4.52. The summed E-state index contributed by atoms with van der Waals surface area (Å²) >= 11 is 5.79. The molecule has 2 heterocycles. The van der Waals surface area contributed by atoms with Gasteiger partial charge in [0, 0.05) is 5.56 Å². The van der Waals surface area contributed by atoms with Gasteiger partial charge in [0.05, 0.1) is 12.8 Å². The smallest absolute Gasteiger partial charge is 0.453 e. The first kappa shape index (κ1) is 16.1.